The number of benzene rings is 1. The molecule has 0 aliphatic heterocycles. The maximum atomic E-state index is 11.5. The predicted octanol–water partition coefficient (Wildman–Crippen LogP) is 2.29. The normalized spacial score (nSPS) is 14.6. The Morgan fingerprint density at radius 1 is 1.53 bits per heavy atom. The molecule has 1 aromatic rings. The van der Waals surface area contributed by atoms with Gasteiger partial charge in [0.1, 0.15) is 6.61 Å². The monoisotopic (exact) mass is 254 g/mol. The van der Waals surface area contributed by atoms with Crippen LogP contribution in [0.3, 0.4) is 0 Å². The molecule has 1 aliphatic carbocycles. The second kappa shape index (κ2) is 5.38. The minimum absolute atomic E-state index is 0.0667. The van der Waals surface area contributed by atoms with Gasteiger partial charge in [-0.2, -0.15) is 0 Å². The van der Waals surface area contributed by atoms with Crippen molar-refractivity contribution in [3.05, 3.63) is 23.2 Å². The molecule has 0 bridgehead atoms. The van der Waals surface area contributed by atoms with Gasteiger partial charge in [-0.05, 0) is 37.0 Å². The van der Waals surface area contributed by atoms with Gasteiger partial charge in [0.05, 0.1) is 17.3 Å². The minimum atomic E-state index is -0.197. The van der Waals surface area contributed by atoms with E-state index in [4.69, 9.17) is 22.1 Å². The number of hydrogen-bond acceptors (Lipinski definition) is 3. The summed E-state index contributed by atoms with van der Waals surface area (Å²) in [6.07, 6.45) is 2.43. The number of carbonyl (C=O) groups excluding carboxylic acids is 1. The largest absolute Gasteiger partial charge is 0.399 e. The average Bonchev–Trinajstić information content (AvgIpc) is 3.06. The number of hydrogen-bond donors (Lipinski definition) is 2. The van der Waals surface area contributed by atoms with E-state index < -0.39 is 0 Å². The number of ether oxygens (including phenoxy) is 1. The number of carbonyl (C=O) groups is 1. The highest BCUT2D eigenvalue weighted by Crippen LogP contribution is 2.28. The molecule has 0 saturated heterocycles. The average molecular weight is 255 g/mol. The topological polar surface area (TPSA) is 64.3 Å². The summed E-state index contributed by atoms with van der Waals surface area (Å²) in [6, 6.07) is 4.96. The van der Waals surface area contributed by atoms with Crippen molar-refractivity contribution in [3.63, 3.8) is 0 Å². The Kier molecular flexibility index (Phi) is 3.86. The summed E-state index contributed by atoms with van der Waals surface area (Å²) in [7, 11) is 0. The maximum absolute atomic E-state index is 11.5. The van der Waals surface area contributed by atoms with E-state index >= 15 is 0 Å². The summed E-state index contributed by atoms with van der Waals surface area (Å²) in [5.74, 6) is 0.459. The molecule has 5 heteroatoms. The van der Waals surface area contributed by atoms with Gasteiger partial charge >= 0.3 is 0 Å². The van der Waals surface area contributed by atoms with E-state index in [1.165, 1.54) is 12.8 Å². The highest BCUT2D eigenvalue weighted by atomic mass is 35.5. The Morgan fingerprint density at radius 2 is 2.29 bits per heavy atom. The van der Waals surface area contributed by atoms with Gasteiger partial charge in [-0.15, -0.1) is 0 Å². The van der Waals surface area contributed by atoms with Gasteiger partial charge in [0, 0.05) is 5.69 Å². The molecule has 1 amide bonds. The smallest absolute Gasteiger partial charge is 0.250 e. The zero-order valence-corrected chi connectivity index (χ0v) is 10.2. The molecule has 2 rings (SSSR count). The Morgan fingerprint density at radius 3 is 2.94 bits per heavy atom. The summed E-state index contributed by atoms with van der Waals surface area (Å²) >= 11 is 5.93. The number of anilines is 2. The van der Waals surface area contributed by atoms with Gasteiger partial charge in [0.25, 0.3) is 0 Å². The number of nitrogens with one attached hydrogen (secondary N) is 1. The summed E-state index contributed by atoms with van der Waals surface area (Å²) in [6.45, 7) is 0.736. The molecule has 17 heavy (non-hydrogen) atoms. The third kappa shape index (κ3) is 3.91. The van der Waals surface area contributed by atoms with Crippen LogP contribution in [0, 0.1) is 5.92 Å². The zero-order chi connectivity index (χ0) is 12.3. The molecular weight excluding hydrogens is 240 g/mol. The Hall–Kier alpha value is -1.26. The molecule has 0 spiro atoms. The van der Waals surface area contributed by atoms with Crippen molar-refractivity contribution in [1.29, 1.82) is 0 Å². The van der Waals surface area contributed by atoms with Crippen LogP contribution < -0.4 is 11.1 Å². The van der Waals surface area contributed by atoms with Crippen molar-refractivity contribution >= 4 is 28.9 Å². The van der Waals surface area contributed by atoms with E-state index in [0.29, 0.717) is 28.9 Å². The van der Waals surface area contributed by atoms with Crippen molar-refractivity contribution in [2.45, 2.75) is 12.8 Å². The van der Waals surface area contributed by atoms with E-state index in [0.717, 1.165) is 0 Å². The number of halogens is 1. The fraction of sp³-hybridized carbons (Fsp3) is 0.417. The second-order valence-corrected chi connectivity index (χ2v) is 4.65. The van der Waals surface area contributed by atoms with Crippen LogP contribution >= 0.6 is 11.6 Å². The fourth-order valence-corrected chi connectivity index (χ4v) is 1.66. The molecule has 4 nitrogen and oxygen atoms in total. The fourth-order valence-electron chi connectivity index (χ4n) is 1.42. The molecular formula is C12H15ClN2O2. The van der Waals surface area contributed by atoms with E-state index in [2.05, 4.69) is 5.32 Å². The lowest BCUT2D eigenvalue weighted by Gasteiger charge is -2.08. The first-order valence-corrected chi connectivity index (χ1v) is 5.95. The first-order valence-electron chi connectivity index (χ1n) is 5.58. The standard InChI is InChI=1S/C12H15ClN2O2/c13-10-5-9(14)3-4-11(10)15-12(16)7-17-6-8-1-2-8/h3-5,8H,1-2,6-7,14H2,(H,15,16). The van der Waals surface area contributed by atoms with Gasteiger partial charge in [0.15, 0.2) is 0 Å². The van der Waals surface area contributed by atoms with Crippen molar-refractivity contribution in [3.8, 4) is 0 Å². The molecule has 1 aromatic carbocycles. The van der Waals surface area contributed by atoms with Crippen LogP contribution in [0.25, 0.3) is 0 Å². The predicted molar refractivity (Wildman–Crippen MR) is 68.0 cm³/mol. The molecule has 0 radical (unpaired) electrons. The van der Waals surface area contributed by atoms with Crippen molar-refractivity contribution in [2.24, 2.45) is 5.92 Å². The molecule has 1 saturated carbocycles. The van der Waals surface area contributed by atoms with Gasteiger partial charge in [0.2, 0.25) is 5.91 Å². The van der Waals surface area contributed by atoms with E-state index in [1.807, 2.05) is 0 Å². The Balaban J connectivity index is 1.79. The first-order chi connectivity index (χ1) is 8.15. The molecule has 1 aliphatic rings. The lowest BCUT2D eigenvalue weighted by Crippen LogP contribution is -2.19. The SMILES string of the molecule is Nc1ccc(NC(=O)COCC2CC2)c(Cl)c1. The summed E-state index contributed by atoms with van der Waals surface area (Å²) < 4.78 is 5.28. The highest BCUT2D eigenvalue weighted by Gasteiger charge is 2.21. The molecule has 0 atom stereocenters. The van der Waals surface area contributed by atoms with Crippen LogP contribution in [0.2, 0.25) is 5.02 Å². The van der Waals surface area contributed by atoms with Crippen LogP contribution in [0.1, 0.15) is 12.8 Å². The van der Waals surface area contributed by atoms with E-state index in [-0.39, 0.29) is 12.5 Å². The maximum Gasteiger partial charge on any atom is 0.250 e. The Bertz CT molecular complexity index is 419. The van der Waals surface area contributed by atoms with Crippen LogP contribution in [-0.2, 0) is 9.53 Å². The second-order valence-electron chi connectivity index (χ2n) is 4.25. The van der Waals surface area contributed by atoms with Crippen LogP contribution in [0.4, 0.5) is 11.4 Å². The quantitative estimate of drug-likeness (QED) is 0.793. The number of nitrogens with two attached hydrogens (primary N) is 1. The molecule has 0 aromatic heterocycles. The number of nitrogen functional groups attached to an aromatic ring is 1. The Labute approximate surface area is 105 Å². The van der Waals surface area contributed by atoms with Crippen molar-refractivity contribution in [2.75, 3.05) is 24.3 Å². The lowest BCUT2D eigenvalue weighted by atomic mass is 10.3. The highest BCUT2D eigenvalue weighted by molar-refractivity contribution is 6.34. The van der Waals surface area contributed by atoms with E-state index in [1.54, 1.807) is 18.2 Å². The molecule has 3 N–H and O–H groups in total. The van der Waals surface area contributed by atoms with Gasteiger partial charge in [-0.3, -0.25) is 4.79 Å². The zero-order valence-electron chi connectivity index (χ0n) is 9.41. The van der Waals surface area contributed by atoms with Crippen molar-refractivity contribution < 1.29 is 9.53 Å². The third-order valence-corrected chi connectivity index (χ3v) is 2.86. The first kappa shape index (κ1) is 12.2. The molecule has 1 fully saturated rings. The van der Waals surface area contributed by atoms with Crippen LogP contribution in [0.15, 0.2) is 18.2 Å². The lowest BCUT2D eigenvalue weighted by molar-refractivity contribution is -0.120. The van der Waals surface area contributed by atoms with Gasteiger partial charge in [-0.25, -0.2) is 0 Å². The van der Waals surface area contributed by atoms with Gasteiger partial charge in [-0.1, -0.05) is 11.6 Å². The summed E-state index contributed by atoms with van der Waals surface area (Å²) in [5.41, 5.74) is 6.68. The summed E-state index contributed by atoms with van der Waals surface area (Å²) in [5, 5.41) is 3.11. The van der Waals surface area contributed by atoms with Crippen LogP contribution in [0.5, 0.6) is 0 Å². The van der Waals surface area contributed by atoms with Crippen LogP contribution in [-0.4, -0.2) is 19.1 Å². The summed E-state index contributed by atoms with van der Waals surface area (Å²) in [4.78, 5) is 11.5. The van der Waals surface area contributed by atoms with Gasteiger partial charge < -0.3 is 15.8 Å². The molecule has 92 valence electrons. The van der Waals surface area contributed by atoms with E-state index in [9.17, 15) is 4.79 Å². The van der Waals surface area contributed by atoms with Crippen molar-refractivity contribution in [1.82, 2.24) is 0 Å². The molecule has 0 unspecified atom stereocenters. The molecule has 0 heterocycles. The minimum Gasteiger partial charge on any atom is -0.399 e. The third-order valence-electron chi connectivity index (χ3n) is 2.55. The number of rotatable bonds is 5. The number of amides is 1.